The molecule has 0 bridgehead atoms. The summed E-state index contributed by atoms with van der Waals surface area (Å²) in [5.74, 6) is 0.656. The van der Waals surface area contributed by atoms with Crippen LogP contribution in [0.5, 0.6) is 0 Å². The van der Waals surface area contributed by atoms with Gasteiger partial charge in [-0.1, -0.05) is 0 Å². The zero-order valence-corrected chi connectivity index (χ0v) is 9.35. The molecule has 1 saturated carbocycles. The summed E-state index contributed by atoms with van der Waals surface area (Å²) >= 11 is 0. The van der Waals surface area contributed by atoms with E-state index < -0.39 is 0 Å². The molecule has 0 amide bonds. The van der Waals surface area contributed by atoms with E-state index in [1.165, 1.54) is 19.3 Å². The van der Waals surface area contributed by atoms with Gasteiger partial charge in [0.2, 0.25) is 0 Å². The van der Waals surface area contributed by atoms with Crippen LogP contribution in [0.15, 0.2) is 6.33 Å². The third kappa shape index (κ3) is 1.77. The van der Waals surface area contributed by atoms with Gasteiger partial charge in [0, 0.05) is 12.1 Å². The minimum Gasteiger partial charge on any atom is -0.388 e. The Hall–Kier alpha value is -0.940. The van der Waals surface area contributed by atoms with E-state index in [2.05, 4.69) is 29.2 Å². The Morgan fingerprint density at radius 1 is 1.53 bits per heavy atom. The molecule has 0 atom stereocenters. The highest BCUT2D eigenvalue weighted by Gasteiger charge is 2.39. The molecule has 0 spiro atoms. The van der Waals surface area contributed by atoms with Crippen molar-refractivity contribution in [3.05, 3.63) is 12.2 Å². The topological polar surface area (TPSA) is 54.2 Å². The lowest BCUT2D eigenvalue weighted by Crippen LogP contribution is -2.53. The highest BCUT2D eigenvalue weighted by molar-refractivity contribution is 4.98. The van der Waals surface area contributed by atoms with Crippen molar-refractivity contribution in [2.24, 2.45) is 0 Å². The first-order valence-corrected chi connectivity index (χ1v) is 5.33. The van der Waals surface area contributed by atoms with Gasteiger partial charge in [-0.05, 0) is 33.4 Å². The maximum Gasteiger partial charge on any atom is 0.158 e. The van der Waals surface area contributed by atoms with Crippen molar-refractivity contribution >= 4 is 0 Å². The number of aliphatic hydroxyl groups excluding tert-OH is 1. The summed E-state index contributed by atoms with van der Waals surface area (Å²) in [5.41, 5.74) is 0.242. The fourth-order valence-corrected chi connectivity index (χ4v) is 2.18. The van der Waals surface area contributed by atoms with Crippen LogP contribution >= 0.6 is 0 Å². The highest BCUT2D eigenvalue weighted by atomic mass is 16.3. The molecule has 84 valence electrons. The lowest BCUT2D eigenvalue weighted by atomic mass is 9.75. The zero-order chi connectivity index (χ0) is 10.9. The Morgan fingerprint density at radius 3 is 2.73 bits per heavy atom. The number of hydrogen-bond donors (Lipinski definition) is 1. The fraction of sp³-hybridized carbons (Fsp3) is 0.800. The van der Waals surface area contributed by atoms with E-state index >= 15 is 0 Å². The molecule has 0 unspecified atom stereocenters. The summed E-state index contributed by atoms with van der Waals surface area (Å²) in [7, 11) is 4.23. The summed E-state index contributed by atoms with van der Waals surface area (Å²) in [6.45, 7) is 0.840. The van der Waals surface area contributed by atoms with E-state index in [9.17, 15) is 0 Å². The maximum absolute atomic E-state index is 9.10. The Kier molecular flexibility index (Phi) is 2.75. The van der Waals surface area contributed by atoms with E-state index in [-0.39, 0.29) is 12.1 Å². The largest absolute Gasteiger partial charge is 0.388 e. The molecule has 1 aromatic heterocycles. The molecular weight excluding hydrogens is 192 g/mol. The number of aliphatic hydroxyl groups is 1. The van der Waals surface area contributed by atoms with Gasteiger partial charge < -0.3 is 14.6 Å². The molecule has 0 aliphatic heterocycles. The molecule has 15 heavy (non-hydrogen) atoms. The monoisotopic (exact) mass is 210 g/mol. The Morgan fingerprint density at radius 2 is 2.27 bits per heavy atom. The van der Waals surface area contributed by atoms with Gasteiger partial charge in [0.15, 0.2) is 5.82 Å². The number of nitrogens with zero attached hydrogens (tertiary/aromatic N) is 4. The van der Waals surface area contributed by atoms with Gasteiger partial charge in [0.05, 0.1) is 0 Å². The van der Waals surface area contributed by atoms with Crippen molar-refractivity contribution in [1.29, 1.82) is 0 Å². The van der Waals surface area contributed by atoms with E-state index in [0.29, 0.717) is 5.82 Å². The second-order valence-electron chi connectivity index (χ2n) is 4.51. The first-order chi connectivity index (χ1) is 7.18. The molecule has 1 aliphatic rings. The second-order valence-corrected chi connectivity index (χ2v) is 4.51. The zero-order valence-electron chi connectivity index (χ0n) is 9.35. The molecule has 0 aromatic carbocycles. The van der Waals surface area contributed by atoms with Crippen LogP contribution < -0.4 is 0 Å². The molecular formula is C10H18N4O. The fourth-order valence-electron chi connectivity index (χ4n) is 2.18. The van der Waals surface area contributed by atoms with Crippen LogP contribution in [0.25, 0.3) is 0 Å². The molecule has 5 nitrogen and oxygen atoms in total. The van der Waals surface area contributed by atoms with Gasteiger partial charge >= 0.3 is 0 Å². The molecule has 0 radical (unpaired) electrons. The lowest BCUT2D eigenvalue weighted by molar-refractivity contribution is 0.0405. The minimum atomic E-state index is -0.0382. The van der Waals surface area contributed by atoms with Crippen LogP contribution in [-0.4, -0.2) is 44.4 Å². The molecule has 1 aromatic rings. The summed E-state index contributed by atoms with van der Waals surface area (Å²) in [5, 5.41) is 16.8. The number of aromatic nitrogens is 3. The second kappa shape index (κ2) is 3.90. The van der Waals surface area contributed by atoms with Gasteiger partial charge in [0.1, 0.15) is 12.9 Å². The van der Waals surface area contributed by atoms with E-state index in [0.717, 1.165) is 6.54 Å². The van der Waals surface area contributed by atoms with Crippen molar-refractivity contribution in [3.8, 4) is 0 Å². The molecule has 1 heterocycles. The van der Waals surface area contributed by atoms with Crippen LogP contribution in [0.1, 0.15) is 25.1 Å². The van der Waals surface area contributed by atoms with Crippen LogP contribution in [-0.2, 0) is 13.2 Å². The average Bonchev–Trinajstić information content (AvgIpc) is 2.57. The molecule has 5 heteroatoms. The third-order valence-corrected chi connectivity index (χ3v) is 3.53. The smallest absolute Gasteiger partial charge is 0.158 e. The SMILES string of the molecule is CN(C)C1(Cn2cnnc2CO)CCC1. The van der Waals surface area contributed by atoms with Crippen molar-refractivity contribution < 1.29 is 5.11 Å². The van der Waals surface area contributed by atoms with Crippen molar-refractivity contribution in [1.82, 2.24) is 19.7 Å². The predicted molar refractivity (Wildman–Crippen MR) is 56.2 cm³/mol. The lowest BCUT2D eigenvalue weighted by Gasteiger charge is -2.47. The van der Waals surface area contributed by atoms with Gasteiger partial charge in [-0.3, -0.25) is 0 Å². The van der Waals surface area contributed by atoms with Crippen LogP contribution in [0, 0.1) is 0 Å². The normalized spacial score (nSPS) is 19.2. The van der Waals surface area contributed by atoms with Crippen LogP contribution in [0.2, 0.25) is 0 Å². The van der Waals surface area contributed by atoms with Crippen molar-refractivity contribution in [2.45, 2.75) is 38.0 Å². The first-order valence-electron chi connectivity index (χ1n) is 5.33. The predicted octanol–water partition coefficient (Wildman–Crippen LogP) is 0.255. The van der Waals surface area contributed by atoms with Crippen molar-refractivity contribution in [3.63, 3.8) is 0 Å². The highest BCUT2D eigenvalue weighted by Crippen LogP contribution is 2.37. The van der Waals surface area contributed by atoms with Crippen molar-refractivity contribution in [2.75, 3.05) is 14.1 Å². The summed E-state index contributed by atoms with van der Waals surface area (Å²) in [4.78, 5) is 2.28. The molecule has 1 aliphatic carbocycles. The van der Waals surface area contributed by atoms with E-state index in [4.69, 9.17) is 5.11 Å². The number of hydrogen-bond acceptors (Lipinski definition) is 4. The van der Waals surface area contributed by atoms with Gasteiger partial charge in [-0.25, -0.2) is 0 Å². The molecule has 2 rings (SSSR count). The first kappa shape index (κ1) is 10.6. The van der Waals surface area contributed by atoms with Gasteiger partial charge in [-0.15, -0.1) is 10.2 Å². The van der Waals surface area contributed by atoms with Gasteiger partial charge in [-0.2, -0.15) is 0 Å². The summed E-state index contributed by atoms with van der Waals surface area (Å²) in [6, 6.07) is 0. The summed E-state index contributed by atoms with van der Waals surface area (Å²) < 4.78 is 1.96. The Bertz CT molecular complexity index is 330. The average molecular weight is 210 g/mol. The van der Waals surface area contributed by atoms with Crippen LogP contribution in [0.3, 0.4) is 0 Å². The van der Waals surface area contributed by atoms with Crippen LogP contribution in [0.4, 0.5) is 0 Å². The third-order valence-electron chi connectivity index (χ3n) is 3.53. The standard InChI is InChI=1S/C10H18N4O/c1-13(2)10(4-3-5-10)7-14-8-11-12-9(14)6-15/h8,15H,3-7H2,1-2H3. The summed E-state index contributed by atoms with van der Waals surface area (Å²) in [6.07, 6.45) is 5.41. The van der Waals surface area contributed by atoms with E-state index in [1.54, 1.807) is 6.33 Å². The van der Waals surface area contributed by atoms with Gasteiger partial charge in [0.25, 0.3) is 0 Å². The molecule has 1 fully saturated rings. The maximum atomic E-state index is 9.10. The van der Waals surface area contributed by atoms with E-state index in [1.807, 2.05) is 4.57 Å². The molecule has 1 N–H and O–H groups in total. The number of rotatable bonds is 4. The minimum absolute atomic E-state index is 0.0382. The quantitative estimate of drug-likeness (QED) is 0.774. The Labute approximate surface area is 89.7 Å². The Balaban J connectivity index is 2.13. The molecule has 0 saturated heterocycles. The number of likely N-dealkylation sites (N-methyl/N-ethyl adjacent to an activating group) is 1.